The van der Waals surface area contributed by atoms with Crippen LogP contribution < -0.4 is 10.6 Å². The molecule has 2 aromatic carbocycles. The lowest BCUT2D eigenvalue weighted by atomic mass is 9.94. The number of rotatable bonds is 6. The number of hydrogen-bond donors (Lipinski definition) is 2. The predicted octanol–water partition coefficient (Wildman–Crippen LogP) is 2.78. The third kappa shape index (κ3) is 5.21. The first-order valence-electron chi connectivity index (χ1n) is 9.64. The third-order valence-corrected chi connectivity index (χ3v) is 5.29. The van der Waals surface area contributed by atoms with Gasteiger partial charge in [0.15, 0.2) is 0 Å². The molecule has 1 aliphatic rings. The Labute approximate surface area is 170 Å². The standard InChI is InChI=1S/C23H22N4O2/c24-12-16-4-8-18(9-5-16)14-26-22(28)20-2-1-3-21(20)23(29)27-15-19-10-6-17(13-25)7-11-19/h4-11,20-21H,1-3,14-15H2,(H,26,28)(H,27,29). The minimum absolute atomic E-state index is 0.106. The van der Waals surface area contributed by atoms with Crippen molar-refractivity contribution in [3.8, 4) is 12.1 Å². The average Bonchev–Trinajstić information content (AvgIpc) is 3.26. The van der Waals surface area contributed by atoms with Gasteiger partial charge < -0.3 is 10.6 Å². The summed E-state index contributed by atoms with van der Waals surface area (Å²) in [6, 6.07) is 18.3. The monoisotopic (exact) mass is 386 g/mol. The van der Waals surface area contributed by atoms with E-state index in [0.717, 1.165) is 17.5 Å². The molecular formula is C23H22N4O2. The topological polar surface area (TPSA) is 106 Å². The third-order valence-electron chi connectivity index (χ3n) is 5.29. The Hall–Kier alpha value is -3.64. The first-order chi connectivity index (χ1) is 14.1. The van der Waals surface area contributed by atoms with E-state index in [1.165, 1.54) is 0 Å². The van der Waals surface area contributed by atoms with Gasteiger partial charge in [0.2, 0.25) is 11.8 Å². The number of amides is 2. The molecule has 29 heavy (non-hydrogen) atoms. The molecule has 6 heteroatoms. The van der Waals surface area contributed by atoms with Gasteiger partial charge in [0, 0.05) is 24.9 Å². The summed E-state index contributed by atoms with van der Waals surface area (Å²) < 4.78 is 0. The van der Waals surface area contributed by atoms with Crippen molar-refractivity contribution in [2.75, 3.05) is 0 Å². The van der Waals surface area contributed by atoms with Crippen molar-refractivity contribution >= 4 is 11.8 Å². The Bertz CT molecular complexity index is 873. The summed E-state index contributed by atoms with van der Waals surface area (Å²) in [6.45, 7) is 0.751. The van der Waals surface area contributed by atoms with E-state index in [-0.39, 0.29) is 23.7 Å². The highest BCUT2D eigenvalue weighted by Gasteiger charge is 2.37. The molecule has 0 radical (unpaired) electrons. The molecule has 2 atom stereocenters. The molecule has 3 rings (SSSR count). The SMILES string of the molecule is N#Cc1ccc(CNC(=O)C2CCCC2C(=O)NCc2ccc(C#N)cc2)cc1. The second-order valence-electron chi connectivity index (χ2n) is 7.20. The highest BCUT2D eigenvalue weighted by atomic mass is 16.2. The molecule has 0 aliphatic heterocycles. The van der Waals surface area contributed by atoms with Crippen molar-refractivity contribution in [2.45, 2.75) is 32.4 Å². The van der Waals surface area contributed by atoms with E-state index in [4.69, 9.17) is 10.5 Å². The van der Waals surface area contributed by atoms with Gasteiger partial charge in [-0.2, -0.15) is 10.5 Å². The fourth-order valence-corrected chi connectivity index (χ4v) is 3.62. The zero-order chi connectivity index (χ0) is 20.6. The number of nitrogens with one attached hydrogen (secondary N) is 2. The molecule has 1 fully saturated rings. The maximum Gasteiger partial charge on any atom is 0.224 e. The van der Waals surface area contributed by atoms with Gasteiger partial charge >= 0.3 is 0 Å². The lowest BCUT2D eigenvalue weighted by molar-refractivity contribution is -0.133. The molecule has 2 amide bonds. The van der Waals surface area contributed by atoms with Crippen LogP contribution in [0.1, 0.15) is 41.5 Å². The molecule has 6 nitrogen and oxygen atoms in total. The molecule has 146 valence electrons. The second-order valence-corrected chi connectivity index (χ2v) is 7.20. The van der Waals surface area contributed by atoms with Crippen molar-refractivity contribution in [2.24, 2.45) is 11.8 Å². The van der Waals surface area contributed by atoms with E-state index in [1.54, 1.807) is 24.3 Å². The van der Waals surface area contributed by atoms with Gasteiger partial charge in [0.05, 0.1) is 23.3 Å². The van der Waals surface area contributed by atoms with Gasteiger partial charge in [-0.3, -0.25) is 9.59 Å². The smallest absolute Gasteiger partial charge is 0.224 e. The van der Waals surface area contributed by atoms with Crippen LogP contribution in [0.3, 0.4) is 0 Å². The summed E-state index contributed by atoms with van der Waals surface area (Å²) in [4.78, 5) is 25.3. The molecule has 2 N–H and O–H groups in total. The highest BCUT2D eigenvalue weighted by Crippen LogP contribution is 2.32. The largest absolute Gasteiger partial charge is 0.352 e. The summed E-state index contributed by atoms with van der Waals surface area (Å²) in [7, 11) is 0. The van der Waals surface area contributed by atoms with Gasteiger partial charge in [-0.25, -0.2) is 0 Å². The quantitative estimate of drug-likeness (QED) is 0.796. The predicted molar refractivity (Wildman–Crippen MR) is 107 cm³/mol. The summed E-state index contributed by atoms with van der Waals surface area (Å²) in [6.07, 6.45) is 2.26. The van der Waals surface area contributed by atoms with Crippen LogP contribution in [0, 0.1) is 34.5 Å². The van der Waals surface area contributed by atoms with Crippen LogP contribution in [0.2, 0.25) is 0 Å². The zero-order valence-corrected chi connectivity index (χ0v) is 16.0. The van der Waals surface area contributed by atoms with Crippen LogP contribution >= 0.6 is 0 Å². The first kappa shape index (κ1) is 20.1. The number of carbonyl (C=O) groups is 2. The Morgan fingerprint density at radius 1 is 0.759 bits per heavy atom. The van der Waals surface area contributed by atoms with Gasteiger partial charge in [-0.05, 0) is 48.2 Å². The maximum atomic E-state index is 12.6. The Morgan fingerprint density at radius 2 is 1.14 bits per heavy atom. The van der Waals surface area contributed by atoms with Gasteiger partial charge in [-0.1, -0.05) is 30.7 Å². The normalized spacial score (nSPS) is 17.7. The lowest BCUT2D eigenvalue weighted by Crippen LogP contribution is -2.39. The van der Waals surface area contributed by atoms with E-state index in [9.17, 15) is 9.59 Å². The molecule has 0 bridgehead atoms. The summed E-state index contributed by atoms with van der Waals surface area (Å²) >= 11 is 0. The minimum Gasteiger partial charge on any atom is -0.352 e. The number of hydrogen-bond acceptors (Lipinski definition) is 4. The summed E-state index contributed by atoms with van der Waals surface area (Å²) in [5.74, 6) is -0.862. The summed E-state index contributed by atoms with van der Waals surface area (Å²) in [5, 5.41) is 23.5. The first-order valence-corrected chi connectivity index (χ1v) is 9.64. The minimum atomic E-state index is -0.325. The van der Waals surface area contributed by atoms with Crippen molar-refractivity contribution < 1.29 is 9.59 Å². The molecule has 0 spiro atoms. The molecule has 0 heterocycles. The fourth-order valence-electron chi connectivity index (χ4n) is 3.62. The van der Waals surface area contributed by atoms with Crippen molar-refractivity contribution in [1.29, 1.82) is 10.5 Å². The molecule has 2 unspecified atom stereocenters. The van der Waals surface area contributed by atoms with Crippen molar-refractivity contribution in [3.05, 3.63) is 70.8 Å². The van der Waals surface area contributed by atoms with Crippen LogP contribution in [0.4, 0.5) is 0 Å². The maximum absolute atomic E-state index is 12.6. The van der Waals surface area contributed by atoms with E-state index >= 15 is 0 Å². The lowest BCUT2D eigenvalue weighted by Gasteiger charge is -2.19. The molecular weight excluding hydrogens is 364 g/mol. The fraction of sp³-hybridized carbons (Fsp3) is 0.304. The van der Waals surface area contributed by atoms with Crippen LogP contribution in [0.25, 0.3) is 0 Å². The van der Waals surface area contributed by atoms with Gasteiger partial charge in [0.1, 0.15) is 0 Å². The Kier molecular flexibility index (Phi) is 6.60. The van der Waals surface area contributed by atoms with Crippen molar-refractivity contribution in [3.63, 3.8) is 0 Å². The van der Waals surface area contributed by atoms with Gasteiger partial charge in [-0.15, -0.1) is 0 Å². The Balaban J connectivity index is 1.52. The molecule has 2 aromatic rings. The van der Waals surface area contributed by atoms with E-state index in [2.05, 4.69) is 22.8 Å². The number of carbonyl (C=O) groups excluding carboxylic acids is 2. The number of benzene rings is 2. The average molecular weight is 386 g/mol. The number of nitriles is 2. The molecule has 1 aliphatic carbocycles. The summed E-state index contributed by atoms with van der Waals surface area (Å²) in [5.41, 5.74) is 2.99. The number of nitrogens with zero attached hydrogens (tertiary/aromatic N) is 2. The van der Waals surface area contributed by atoms with Crippen LogP contribution in [0.15, 0.2) is 48.5 Å². The van der Waals surface area contributed by atoms with Crippen molar-refractivity contribution in [1.82, 2.24) is 10.6 Å². The van der Waals surface area contributed by atoms with Gasteiger partial charge in [0.25, 0.3) is 0 Å². The van der Waals surface area contributed by atoms with Crippen LogP contribution in [-0.4, -0.2) is 11.8 Å². The highest BCUT2D eigenvalue weighted by molar-refractivity contribution is 5.88. The van der Waals surface area contributed by atoms with Crippen LogP contribution in [0.5, 0.6) is 0 Å². The second kappa shape index (κ2) is 9.52. The molecule has 0 aromatic heterocycles. The van der Waals surface area contributed by atoms with E-state index in [1.807, 2.05) is 24.3 Å². The molecule has 1 saturated carbocycles. The molecule has 0 saturated heterocycles. The van der Waals surface area contributed by atoms with E-state index < -0.39 is 0 Å². The zero-order valence-electron chi connectivity index (χ0n) is 16.0. The van der Waals surface area contributed by atoms with E-state index in [0.29, 0.717) is 37.1 Å². The Morgan fingerprint density at radius 3 is 1.48 bits per heavy atom. The van der Waals surface area contributed by atoms with Crippen LogP contribution in [-0.2, 0) is 22.7 Å².